The number of amides is 3. The molecule has 8 nitrogen and oxygen atoms in total. The molecule has 0 bridgehead atoms. The number of fused-ring (bicyclic) bond motifs is 3. The fourth-order valence-electron chi connectivity index (χ4n) is 5.19. The quantitative estimate of drug-likeness (QED) is 0.433. The van der Waals surface area contributed by atoms with Gasteiger partial charge in [0.15, 0.2) is 0 Å². The molecular formula is C29H27N3O5. The zero-order valence-electron chi connectivity index (χ0n) is 20.3. The molecule has 2 aliphatic rings. The Kier molecular flexibility index (Phi) is 6.72. The van der Waals surface area contributed by atoms with Crippen molar-refractivity contribution in [3.63, 3.8) is 0 Å². The largest absolute Gasteiger partial charge is 0.467 e. The van der Waals surface area contributed by atoms with Gasteiger partial charge in [-0.1, -0.05) is 78.9 Å². The molecule has 3 N–H and O–H groups in total. The molecule has 0 aromatic heterocycles. The fraction of sp³-hybridized carbons (Fsp3) is 0.241. The molecule has 8 heteroatoms. The van der Waals surface area contributed by atoms with E-state index in [9.17, 15) is 19.2 Å². The maximum absolute atomic E-state index is 13.1. The van der Waals surface area contributed by atoms with E-state index < -0.39 is 41.8 Å². The van der Waals surface area contributed by atoms with Crippen LogP contribution in [0.1, 0.15) is 29.0 Å². The van der Waals surface area contributed by atoms with Gasteiger partial charge in [0.25, 0.3) is 0 Å². The summed E-state index contributed by atoms with van der Waals surface area (Å²) in [7, 11) is 1.27. The third-order valence-corrected chi connectivity index (χ3v) is 6.92. The van der Waals surface area contributed by atoms with Crippen LogP contribution in [-0.4, -0.2) is 48.9 Å². The summed E-state index contributed by atoms with van der Waals surface area (Å²) in [6, 6.07) is 22.1. The molecule has 1 aliphatic heterocycles. The van der Waals surface area contributed by atoms with E-state index in [1.54, 1.807) is 0 Å². The topological polar surface area (TPSA) is 114 Å². The molecule has 5 rings (SSSR count). The van der Waals surface area contributed by atoms with Crippen LogP contribution in [0.4, 0.5) is 0 Å². The second-order valence-corrected chi connectivity index (χ2v) is 9.24. The molecule has 1 fully saturated rings. The Balaban J connectivity index is 1.30. The Morgan fingerprint density at radius 1 is 0.811 bits per heavy atom. The molecule has 188 valence electrons. The van der Waals surface area contributed by atoms with Crippen LogP contribution < -0.4 is 16.0 Å². The van der Waals surface area contributed by atoms with Crippen molar-refractivity contribution in [2.24, 2.45) is 0 Å². The number of piperazine rings is 1. The van der Waals surface area contributed by atoms with Gasteiger partial charge >= 0.3 is 5.97 Å². The highest BCUT2D eigenvalue weighted by atomic mass is 16.5. The van der Waals surface area contributed by atoms with E-state index in [1.165, 1.54) is 7.11 Å². The van der Waals surface area contributed by atoms with Crippen molar-refractivity contribution in [1.82, 2.24) is 16.0 Å². The summed E-state index contributed by atoms with van der Waals surface area (Å²) in [5, 5.41) is 8.15. The van der Waals surface area contributed by atoms with Gasteiger partial charge in [-0.3, -0.25) is 14.4 Å². The lowest BCUT2D eigenvalue weighted by Crippen LogP contribution is -2.63. The minimum atomic E-state index is -1.04. The van der Waals surface area contributed by atoms with Gasteiger partial charge in [0.2, 0.25) is 17.7 Å². The van der Waals surface area contributed by atoms with Gasteiger partial charge in [0.1, 0.15) is 18.1 Å². The van der Waals surface area contributed by atoms with Crippen LogP contribution in [0.2, 0.25) is 0 Å². The zero-order chi connectivity index (χ0) is 25.9. The van der Waals surface area contributed by atoms with Crippen LogP contribution in [0.5, 0.6) is 0 Å². The minimum Gasteiger partial charge on any atom is -0.467 e. The van der Waals surface area contributed by atoms with Gasteiger partial charge in [-0.25, -0.2) is 4.79 Å². The van der Waals surface area contributed by atoms with E-state index in [2.05, 4.69) is 16.0 Å². The SMILES string of the molecule is COC(=O)[C@H](NC(=O)C[C@@H]1NC(=O)[C@H](Cc2ccccc2)NC1=O)C1c2ccccc2-c2ccccc21. The Hall–Kier alpha value is -4.46. The second-order valence-electron chi connectivity index (χ2n) is 9.24. The van der Waals surface area contributed by atoms with E-state index >= 15 is 0 Å². The zero-order valence-corrected chi connectivity index (χ0v) is 20.3. The van der Waals surface area contributed by atoms with Crippen LogP contribution in [-0.2, 0) is 30.3 Å². The lowest BCUT2D eigenvalue weighted by atomic mass is 9.89. The third-order valence-electron chi connectivity index (χ3n) is 6.92. The smallest absolute Gasteiger partial charge is 0.329 e. The second kappa shape index (κ2) is 10.3. The monoisotopic (exact) mass is 497 g/mol. The van der Waals surface area contributed by atoms with Gasteiger partial charge in [-0.2, -0.15) is 0 Å². The summed E-state index contributed by atoms with van der Waals surface area (Å²) in [5.74, 6) is -2.38. The highest BCUT2D eigenvalue weighted by Crippen LogP contribution is 2.46. The van der Waals surface area contributed by atoms with Crippen molar-refractivity contribution in [3.8, 4) is 11.1 Å². The third kappa shape index (κ3) is 4.82. The first-order chi connectivity index (χ1) is 18.0. The average Bonchev–Trinajstić information content (AvgIpc) is 3.24. The maximum Gasteiger partial charge on any atom is 0.329 e. The highest BCUT2D eigenvalue weighted by Gasteiger charge is 2.41. The van der Waals surface area contributed by atoms with Gasteiger partial charge in [-0.15, -0.1) is 0 Å². The minimum absolute atomic E-state index is 0.306. The molecular weight excluding hydrogens is 470 g/mol. The van der Waals surface area contributed by atoms with E-state index in [4.69, 9.17) is 4.74 Å². The molecule has 0 unspecified atom stereocenters. The summed E-state index contributed by atoms with van der Waals surface area (Å²) in [6.07, 6.45) is 0.0430. The summed E-state index contributed by atoms with van der Waals surface area (Å²) in [4.78, 5) is 51.4. The number of nitrogens with one attached hydrogen (secondary N) is 3. The summed E-state index contributed by atoms with van der Waals surface area (Å²) >= 11 is 0. The normalized spacial score (nSPS) is 19.2. The number of carbonyl (C=O) groups excluding carboxylic acids is 4. The Morgan fingerprint density at radius 2 is 1.35 bits per heavy atom. The number of esters is 1. The maximum atomic E-state index is 13.1. The predicted molar refractivity (Wildman–Crippen MR) is 136 cm³/mol. The lowest BCUT2D eigenvalue weighted by molar-refractivity contribution is -0.146. The van der Waals surface area contributed by atoms with E-state index in [0.717, 1.165) is 27.8 Å². The number of hydrogen-bond donors (Lipinski definition) is 3. The van der Waals surface area contributed by atoms with Gasteiger partial charge in [0.05, 0.1) is 13.5 Å². The van der Waals surface area contributed by atoms with Gasteiger partial charge in [-0.05, 0) is 27.8 Å². The lowest BCUT2D eigenvalue weighted by Gasteiger charge is -2.30. The Labute approximate surface area is 214 Å². The standard InChI is InChI=1S/C29H27N3O5/c1-37-29(36)26(25-20-13-7-5-11-18(20)19-12-6-8-14-21(19)25)32-24(33)16-23-28(35)30-22(27(34)31-23)15-17-9-3-2-4-10-17/h2-14,22-23,25-26H,15-16H2,1H3,(H,30,35)(H,31,34)(H,32,33)/t22-,23-,26+/m0/s1. The Morgan fingerprint density at radius 3 is 1.97 bits per heavy atom. The highest BCUT2D eigenvalue weighted by molar-refractivity contribution is 6.00. The first-order valence-corrected chi connectivity index (χ1v) is 12.2. The Bertz CT molecular complexity index is 1310. The molecule has 1 heterocycles. The molecule has 0 radical (unpaired) electrons. The van der Waals surface area contributed by atoms with Crippen LogP contribution in [0.3, 0.4) is 0 Å². The molecule has 3 aromatic rings. The van der Waals surface area contributed by atoms with Crippen molar-refractivity contribution in [2.45, 2.75) is 36.9 Å². The van der Waals surface area contributed by atoms with Gasteiger partial charge < -0.3 is 20.7 Å². The first kappa shape index (κ1) is 24.2. The van der Waals surface area contributed by atoms with Crippen LogP contribution in [0.15, 0.2) is 78.9 Å². The van der Waals surface area contributed by atoms with Crippen LogP contribution in [0.25, 0.3) is 11.1 Å². The number of ether oxygens (including phenoxy) is 1. The van der Waals surface area contributed by atoms with E-state index in [0.29, 0.717) is 6.42 Å². The molecule has 37 heavy (non-hydrogen) atoms. The molecule has 1 saturated heterocycles. The molecule has 3 atom stereocenters. The van der Waals surface area contributed by atoms with Crippen molar-refractivity contribution in [1.29, 1.82) is 0 Å². The number of methoxy groups -OCH3 is 1. The number of rotatable bonds is 7. The van der Waals surface area contributed by atoms with Crippen molar-refractivity contribution >= 4 is 23.7 Å². The number of carbonyl (C=O) groups is 4. The van der Waals surface area contributed by atoms with Crippen molar-refractivity contribution < 1.29 is 23.9 Å². The van der Waals surface area contributed by atoms with E-state index in [-0.39, 0.29) is 12.3 Å². The fourth-order valence-corrected chi connectivity index (χ4v) is 5.19. The number of benzene rings is 3. The van der Waals surface area contributed by atoms with Gasteiger partial charge in [0, 0.05) is 12.3 Å². The molecule has 3 aromatic carbocycles. The molecule has 0 spiro atoms. The molecule has 0 saturated carbocycles. The number of hydrogen-bond acceptors (Lipinski definition) is 5. The summed E-state index contributed by atoms with van der Waals surface area (Å²) in [6.45, 7) is 0. The van der Waals surface area contributed by atoms with Crippen LogP contribution >= 0.6 is 0 Å². The van der Waals surface area contributed by atoms with Crippen LogP contribution in [0, 0.1) is 0 Å². The summed E-state index contributed by atoms with van der Waals surface area (Å²) in [5.41, 5.74) is 4.72. The summed E-state index contributed by atoms with van der Waals surface area (Å²) < 4.78 is 5.05. The van der Waals surface area contributed by atoms with Crippen molar-refractivity contribution in [2.75, 3.05) is 7.11 Å². The first-order valence-electron chi connectivity index (χ1n) is 12.2. The molecule has 1 aliphatic carbocycles. The predicted octanol–water partition coefficient (Wildman–Crippen LogP) is 2.07. The molecule has 3 amide bonds. The van der Waals surface area contributed by atoms with Crippen molar-refractivity contribution in [3.05, 3.63) is 95.6 Å². The van der Waals surface area contributed by atoms with E-state index in [1.807, 2.05) is 78.9 Å². The average molecular weight is 498 g/mol.